The highest BCUT2D eigenvalue weighted by Crippen LogP contribution is 2.15. The van der Waals surface area contributed by atoms with Gasteiger partial charge in [0.25, 0.3) is 0 Å². The summed E-state index contributed by atoms with van der Waals surface area (Å²) in [4.78, 5) is 8.38. The van der Waals surface area contributed by atoms with E-state index in [-0.39, 0.29) is 5.54 Å². The molecule has 5 nitrogen and oxygen atoms in total. The molecule has 0 saturated carbocycles. The highest BCUT2D eigenvalue weighted by Gasteiger charge is 2.11. The molecule has 0 bridgehead atoms. The highest BCUT2D eigenvalue weighted by atomic mass is 15.1. The standard InChI is InChI=1S/C12H23N5/c1-9(5-6-13)16-10-7-11(15-8-14-10)17-12(2,3)4/h7-9H,5-6,13H2,1-4H3,(H2,14,15,16,17). The zero-order valence-corrected chi connectivity index (χ0v) is 11.1. The molecule has 0 aliphatic rings. The van der Waals surface area contributed by atoms with Crippen LogP contribution in [0.25, 0.3) is 0 Å². The van der Waals surface area contributed by atoms with Crippen molar-refractivity contribution in [3.05, 3.63) is 12.4 Å². The molecule has 1 aromatic heterocycles. The minimum Gasteiger partial charge on any atom is -0.367 e. The monoisotopic (exact) mass is 237 g/mol. The van der Waals surface area contributed by atoms with E-state index in [0.29, 0.717) is 12.6 Å². The molecule has 1 heterocycles. The lowest BCUT2D eigenvalue weighted by atomic mass is 10.1. The predicted molar refractivity (Wildman–Crippen MR) is 72.2 cm³/mol. The third-order valence-corrected chi connectivity index (χ3v) is 2.16. The molecule has 0 radical (unpaired) electrons. The van der Waals surface area contributed by atoms with Gasteiger partial charge in [0.05, 0.1) is 0 Å². The van der Waals surface area contributed by atoms with Gasteiger partial charge in [0, 0.05) is 17.6 Å². The minimum atomic E-state index is -0.00546. The number of hydrogen-bond donors (Lipinski definition) is 3. The second-order valence-electron chi connectivity index (χ2n) is 5.29. The molecule has 0 fully saturated rings. The summed E-state index contributed by atoms with van der Waals surface area (Å²) in [6.07, 6.45) is 2.48. The molecule has 0 aliphatic carbocycles. The van der Waals surface area contributed by atoms with Gasteiger partial charge in [-0.15, -0.1) is 0 Å². The Morgan fingerprint density at radius 3 is 2.53 bits per heavy atom. The number of nitrogens with one attached hydrogen (secondary N) is 2. The summed E-state index contributed by atoms with van der Waals surface area (Å²) in [7, 11) is 0. The average Bonchev–Trinajstić information content (AvgIpc) is 2.15. The summed E-state index contributed by atoms with van der Waals surface area (Å²) >= 11 is 0. The minimum absolute atomic E-state index is 0.00546. The molecule has 96 valence electrons. The number of anilines is 2. The smallest absolute Gasteiger partial charge is 0.131 e. The van der Waals surface area contributed by atoms with E-state index < -0.39 is 0 Å². The fourth-order valence-electron chi connectivity index (χ4n) is 1.46. The lowest BCUT2D eigenvalue weighted by Crippen LogP contribution is -2.27. The first-order chi connectivity index (χ1) is 7.90. The Labute approximate surface area is 103 Å². The summed E-state index contributed by atoms with van der Waals surface area (Å²) in [5.74, 6) is 1.66. The summed E-state index contributed by atoms with van der Waals surface area (Å²) in [6.45, 7) is 9.05. The summed E-state index contributed by atoms with van der Waals surface area (Å²) in [5, 5.41) is 6.61. The quantitative estimate of drug-likeness (QED) is 0.728. The Morgan fingerprint density at radius 2 is 1.94 bits per heavy atom. The number of rotatable bonds is 5. The van der Waals surface area contributed by atoms with Gasteiger partial charge in [0.15, 0.2) is 0 Å². The van der Waals surface area contributed by atoms with Crippen molar-refractivity contribution in [1.29, 1.82) is 0 Å². The molecule has 17 heavy (non-hydrogen) atoms. The first kappa shape index (κ1) is 13.7. The lowest BCUT2D eigenvalue weighted by Gasteiger charge is -2.21. The maximum atomic E-state index is 5.51. The normalized spacial score (nSPS) is 13.2. The van der Waals surface area contributed by atoms with Crippen LogP contribution >= 0.6 is 0 Å². The van der Waals surface area contributed by atoms with E-state index in [1.165, 1.54) is 0 Å². The van der Waals surface area contributed by atoms with Crippen LogP contribution in [0, 0.1) is 0 Å². The van der Waals surface area contributed by atoms with Crippen LogP contribution in [0.3, 0.4) is 0 Å². The first-order valence-electron chi connectivity index (χ1n) is 5.97. The molecule has 0 aromatic carbocycles. The summed E-state index contributed by atoms with van der Waals surface area (Å²) in [5.41, 5.74) is 5.51. The van der Waals surface area contributed by atoms with Gasteiger partial charge in [-0.25, -0.2) is 9.97 Å². The lowest BCUT2D eigenvalue weighted by molar-refractivity contribution is 0.630. The molecule has 1 aromatic rings. The Bertz CT molecular complexity index is 345. The molecular formula is C12H23N5. The van der Waals surface area contributed by atoms with Gasteiger partial charge in [0.1, 0.15) is 18.0 Å². The average molecular weight is 237 g/mol. The molecule has 4 N–H and O–H groups in total. The number of aromatic nitrogens is 2. The van der Waals surface area contributed by atoms with Crippen LogP contribution in [0.15, 0.2) is 12.4 Å². The maximum absolute atomic E-state index is 5.51. The van der Waals surface area contributed by atoms with E-state index in [9.17, 15) is 0 Å². The van der Waals surface area contributed by atoms with Gasteiger partial charge in [-0.05, 0) is 40.7 Å². The molecule has 0 saturated heterocycles. The second-order valence-corrected chi connectivity index (χ2v) is 5.29. The van der Waals surface area contributed by atoms with Crippen molar-refractivity contribution in [1.82, 2.24) is 9.97 Å². The Kier molecular flexibility index (Phi) is 4.69. The van der Waals surface area contributed by atoms with Gasteiger partial charge in [-0.1, -0.05) is 0 Å². The van der Waals surface area contributed by atoms with Crippen molar-refractivity contribution in [2.75, 3.05) is 17.2 Å². The molecule has 0 aliphatic heterocycles. The molecule has 1 rings (SSSR count). The number of hydrogen-bond acceptors (Lipinski definition) is 5. The fraction of sp³-hybridized carbons (Fsp3) is 0.667. The van der Waals surface area contributed by atoms with Crippen LogP contribution in [0.1, 0.15) is 34.1 Å². The zero-order chi connectivity index (χ0) is 12.9. The molecule has 5 heteroatoms. The third kappa shape index (κ3) is 5.49. The van der Waals surface area contributed by atoms with Crippen molar-refractivity contribution in [3.8, 4) is 0 Å². The third-order valence-electron chi connectivity index (χ3n) is 2.16. The Hall–Kier alpha value is -1.36. The Morgan fingerprint density at radius 1 is 1.29 bits per heavy atom. The van der Waals surface area contributed by atoms with E-state index in [2.05, 4.69) is 48.3 Å². The van der Waals surface area contributed by atoms with Gasteiger partial charge < -0.3 is 16.4 Å². The van der Waals surface area contributed by atoms with Gasteiger partial charge >= 0.3 is 0 Å². The maximum Gasteiger partial charge on any atom is 0.131 e. The molecule has 0 spiro atoms. The van der Waals surface area contributed by atoms with E-state index in [1.54, 1.807) is 6.33 Å². The Balaban J connectivity index is 2.66. The van der Waals surface area contributed by atoms with E-state index in [1.807, 2.05) is 6.07 Å². The van der Waals surface area contributed by atoms with Crippen molar-refractivity contribution in [2.24, 2.45) is 5.73 Å². The number of nitrogens with two attached hydrogens (primary N) is 1. The summed E-state index contributed by atoms with van der Waals surface area (Å²) < 4.78 is 0. The van der Waals surface area contributed by atoms with E-state index in [0.717, 1.165) is 18.1 Å². The largest absolute Gasteiger partial charge is 0.367 e. The van der Waals surface area contributed by atoms with Crippen molar-refractivity contribution < 1.29 is 0 Å². The van der Waals surface area contributed by atoms with Crippen molar-refractivity contribution >= 4 is 11.6 Å². The van der Waals surface area contributed by atoms with Crippen LogP contribution in [-0.4, -0.2) is 28.1 Å². The molecular weight excluding hydrogens is 214 g/mol. The number of nitrogens with zero attached hydrogens (tertiary/aromatic N) is 2. The topological polar surface area (TPSA) is 75.9 Å². The molecule has 1 atom stereocenters. The predicted octanol–water partition coefficient (Wildman–Crippen LogP) is 1.84. The second kappa shape index (κ2) is 5.82. The van der Waals surface area contributed by atoms with Crippen LogP contribution in [0.4, 0.5) is 11.6 Å². The van der Waals surface area contributed by atoms with Gasteiger partial charge in [-0.2, -0.15) is 0 Å². The van der Waals surface area contributed by atoms with Crippen LogP contribution in [0.5, 0.6) is 0 Å². The fourth-order valence-corrected chi connectivity index (χ4v) is 1.46. The SMILES string of the molecule is CC(CCN)Nc1cc(NC(C)(C)C)ncn1. The van der Waals surface area contributed by atoms with E-state index in [4.69, 9.17) is 5.73 Å². The molecule has 0 amide bonds. The van der Waals surface area contributed by atoms with Gasteiger partial charge in [0.2, 0.25) is 0 Å². The highest BCUT2D eigenvalue weighted by molar-refractivity contribution is 5.47. The van der Waals surface area contributed by atoms with Crippen LogP contribution in [-0.2, 0) is 0 Å². The summed E-state index contributed by atoms with van der Waals surface area (Å²) in [6, 6.07) is 2.23. The van der Waals surface area contributed by atoms with Crippen molar-refractivity contribution in [3.63, 3.8) is 0 Å². The van der Waals surface area contributed by atoms with E-state index >= 15 is 0 Å². The zero-order valence-electron chi connectivity index (χ0n) is 11.1. The van der Waals surface area contributed by atoms with Gasteiger partial charge in [-0.3, -0.25) is 0 Å². The first-order valence-corrected chi connectivity index (χ1v) is 5.97. The van der Waals surface area contributed by atoms with Crippen LogP contribution in [0.2, 0.25) is 0 Å². The molecule has 1 unspecified atom stereocenters. The van der Waals surface area contributed by atoms with Crippen molar-refractivity contribution in [2.45, 2.75) is 45.7 Å². The van der Waals surface area contributed by atoms with Crippen LogP contribution < -0.4 is 16.4 Å².